The van der Waals surface area contributed by atoms with Crippen molar-refractivity contribution >= 4 is 33.0 Å². The number of aliphatic hydroxyl groups is 1. The summed E-state index contributed by atoms with van der Waals surface area (Å²) in [4.78, 5) is 0.455. The van der Waals surface area contributed by atoms with Crippen molar-refractivity contribution in [2.75, 3.05) is 0 Å². The van der Waals surface area contributed by atoms with Gasteiger partial charge < -0.3 is 5.11 Å². The van der Waals surface area contributed by atoms with Gasteiger partial charge in [-0.25, -0.2) is 13.1 Å². The van der Waals surface area contributed by atoms with Crippen LogP contribution in [0.15, 0.2) is 10.3 Å². The smallest absolute Gasteiger partial charge is 0.250 e. The third kappa shape index (κ3) is 3.43. The van der Waals surface area contributed by atoms with Gasteiger partial charge in [0.15, 0.2) is 0 Å². The molecule has 0 radical (unpaired) electrons. The number of nitrogens with one attached hydrogen (secondary N) is 1. The Labute approximate surface area is 104 Å². The van der Waals surface area contributed by atoms with E-state index in [-0.39, 0.29) is 15.8 Å². The average Bonchev–Trinajstić information content (AvgIpc) is 2.43. The molecule has 0 saturated carbocycles. The van der Waals surface area contributed by atoms with Gasteiger partial charge in [0, 0.05) is 10.4 Å². The molecule has 92 valence electrons. The number of hydrogen-bond donors (Lipinski definition) is 2. The Balaban J connectivity index is 3.08. The lowest BCUT2D eigenvalue weighted by Crippen LogP contribution is -2.40. The fourth-order valence-electron chi connectivity index (χ4n) is 1.08. The summed E-state index contributed by atoms with van der Waals surface area (Å²) < 4.78 is 26.4. The number of rotatable bonds is 3. The van der Waals surface area contributed by atoms with E-state index in [0.29, 0.717) is 4.88 Å². The largest absolute Gasteiger partial charge is 0.391 e. The van der Waals surface area contributed by atoms with Crippen LogP contribution in [0, 0.1) is 0 Å². The lowest BCUT2D eigenvalue weighted by atomic mass is 10.1. The van der Waals surface area contributed by atoms with Gasteiger partial charge in [-0.15, -0.1) is 11.3 Å². The second-order valence-corrected chi connectivity index (χ2v) is 7.80. The van der Waals surface area contributed by atoms with Crippen LogP contribution in [0.1, 0.15) is 25.6 Å². The highest BCUT2D eigenvalue weighted by Gasteiger charge is 2.24. The molecule has 1 aromatic heterocycles. The maximum Gasteiger partial charge on any atom is 0.250 e. The third-order valence-corrected chi connectivity index (χ3v) is 5.38. The van der Waals surface area contributed by atoms with E-state index in [2.05, 4.69) is 4.72 Å². The van der Waals surface area contributed by atoms with E-state index < -0.39 is 15.6 Å². The second-order valence-electron chi connectivity index (χ2n) is 4.35. The number of thiophene rings is 1. The first-order valence-electron chi connectivity index (χ1n) is 4.59. The lowest BCUT2D eigenvalue weighted by Gasteiger charge is -2.19. The molecule has 0 aliphatic rings. The molecule has 0 amide bonds. The van der Waals surface area contributed by atoms with Gasteiger partial charge in [-0.3, -0.25) is 0 Å². The Morgan fingerprint density at radius 1 is 1.50 bits per heavy atom. The van der Waals surface area contributed by atoms with Gasteiger partial charge in [0.1, 0.15) is 4.21 Å². The highest BCUT2D eigenvalue weighted by atomic mass is 35.5. The number of hydrogen-bond acceptors (Lipinski definition) is 4. The van der Waals surface area contributed by atoms with Crippen LogP contribution in [0.25, 0.3) is 0 Å². The molecule has 1 heterocycles. The summed E-state index contributed by atoms with van der Waals surface area (Å²) in [5, 5.41) is 9.22. The van der Waals surface area contributed by atoms with Gasteiger partial charge in [0.2, 0.25) is 0 Å². The topological polar surface area (TPSA) is 66.4 Å². The van der Waals surface area contributed by atoms with Crippen LogP contribution in [0.3, 0.4) is 0 Å². The SMILES string of the molecule is CC(C)(C)NS(=O)(=O)c1cc(Cl)c(CO)s1. The van der Waals surface area contributed by atoms with Crippen LogP contribution in [0.2, 0.25) is 5.02 Å². The standard InChI is InChI=1S/C9H14ClNO3S2/c1-9(2,3)11-16(13,14)8-4-6(10)7(5-12)15-8/h4,11-12H,5H2,1-3H3. The molecule has 0 saturated heterocycles. The fraction of sp³-hybridized carbons (Fsp3) is 0.556. The predicted octanol–water partition coefficient (Wildman–Crippen LogP) is 1.97. The Hall–Kier alpha value is -0.140. The van der Waals surface area contributed by atoms with E-state index in [4.69, 9.17) is 16.7 Å². The Bertz CT molecular complexity index is 473. The summed E-state index contributed by atoms with van der Waals surface area (Å²) in [6.45, 7) is 5.01. The molecular formula is C9H14ClNO3S2. The van der Waals surface area contributed by atoms with Crippen molar-refractivity contribution in [1.82, 2.24) is 4.72 Å². The minimum atomic E-state index is -3.56. The van der Waals surface area contributed by atoms with E-state index in [1.54, 1.807) is 20.8 Å². The highest BCUT2D eigenvalue weighted by molar-refractivity contribution is 7.91. The predicted molar refractivity (Wildman–Crippen MR) is 65.3 cm³/mol. The van der Waals surface area contributed by atoms with Gasteiger partial charge in [0.05, 0.1) is 11.6 Å². The Morgan fingerprint density at radius 2 is 2.06 bits per heavy atom. The molecule has 1 aromatic rings. The number of halogens is 1. The molecule has 1 rings (SSSR count). The summed E-state index contributed by atoms with van der Waals surface area (Å²) >= 11 is 6.76. The zero-order valence-corrected chi connectivity index (χ0v) is 11.6. The van der Waals surface area contributed by atoms with E-state index in [0.717, 1.165) is 11.3 Å². The van der Waals surface area contributed by atoms with Crippen molar-refractivity contribution in [3.05, 3.63) is 16.0 Å². The molecule has 0 fully saturated rings. The zero-order valence-electron chi connectivity index (χ0n) is 9.24. The molecule has 0 spiro atoms. The zero-order chi connectivity index (χ0) is 12.6. The minimum absolute atomic E-state index is 0.122. The molecule has 4 nitrogen and oxygen atoms in total. The van der Waals surface area contributed by atoms with Crippen LogP contribution in [0.4, 0.5) is 0 Å². The van der Waals surface area contributed by atoms with Crippen molar-refractivity contribution in [3.63, 3.8) is 0 Å². The second kappa shape index (κ2) is 4.62. The third-order valence-electron chi connectivity index (χ3n) is 1.58. The van der Waals surface area contributed by atoms with Crippen LogP contribution >= 0.6 is 22.9 Å². The van der Waals surface area contributed by atoms with Crippen LogP contribution in [-0.4, -0.2) is 19.1 Å². The molecule has 0 aromatic carbocycles. The summed E-state index contributed by atoms with van der Waals surface area (Å²) in [6.07, 6.45) is 0. The van der Waals surface area contributed by atoms with Gasteiger partial charge in [-0.2, -0.15) is 0 Å². The molecule has 0 unspecified atom stereocenters. The van der Waals surface area contributed by atoms with E-state index in [1.165, 1.54) is 6.07 Å². The van der Waals surface area contributed by atoms with Gasteiger partial charge in [-0.1, -0.05) is 11.6 Å². The first-order valence-corrected chi connectivity index (χ1v) is 7.26. The molecule has 2 N–H and O–H groups in total. The van der Waals surface area contributed by atoms with E-state index in [1.807, 2.05) is 0 Å². The van der Waals surface area contributed by atoms with Gasteiger partial charge >= 0.3 is 0 Å². The molecule has 0 aliphatic heterocycles. The summed E-state index contributed by atoms with van der Waals surface area (Å²) in [6, 6.07) is 1.35. The maximum atomic E-state index is 11.9. The van der Waals surface area contributed by atoms with Gasteiger partial charge in [0.25, 0.3) is 10.0 Å². The molecule has 0 aliphatic carbocycles. The van der Waals surface area contributed by atoms with Crippen molar-refractivity contribution in [2.45, 2.75) is 37.1 Å². The Morgan fingerprint density at radius 3 is 2.44 bits per heavy atom. The molecule has 0 bridgehead atoms. The highest BCUT2D eigenvalue weighted by Crippen LogP contribution is 2.30. The maximum absolute atomic E-state index is 11.9. The van der Waals surface area contributed by atoms with Crippen LogP contribution in [0.5, 0.6) is 0 Å². The van der Waals surface area contributed by atoms with Crippen molar-refractivity contribution in [3.8, 4) is 0 Å². The Kier molecular flexibility index (Phi) is 4.02. The molecule has 16 heavy (non-hydrogen) atoms. The van der Waals surface area contributed by atoms with Gasteiger partial charge in [-0.05, 0) is 26.8 Å². The van der Waals surface area contributed by atoms with E-state index in [9.17, 15) is 8.42 Å². The lowest BCUT2D eigenvalue weighted by molar-refractivity contribution is 0.285. The fourth-order valence-corrected chi connectivity index (χ4v) is 4.18. The minimum Gasteiger partial charge on any atom is -0.391 e. The monoisotopic (exact) mass is 283 g/mol. The molecule has 7 heteroatoms. The van der Waals surface area contributed by atoms with E-state index >= 15 is 0 Å². The number of aliphatic hydroxyl groups excluding tert-OH is 1. The first-order chi connectivity index (χ1) is 7.15. The normalized spacial score (nSPS) is 13.1. The van der Waals surface area contributed by atoms with Crippen LogP contribution in [-0.2, 0) is 16.6 Å². The van der Waals surface area contributed by atoms with Crippen molar-refractivity contribution < 1.29 is 13.5 Å². The van der Waals surface area contributed by atoms with Crippen molar-refractivity contribution in [2.24, 2.45) is 0 Å². The van der Waals surface area contributed by atoms with Crippen LogP contribution < -0.4 is 4.72 Å². The quantitative estimate of drug-likeness (QED) is 0.891. The summed E-state index contributed by atoms with van der Waals surface area (Å²) in [5.41, 5.74) is -0.547. The molecule has 0 atom stereocenters. The summed E-state index contributed by atoms with van der Waals surface area (Å²) in [5.74, 6) is 0. The number of sulfonamides is 1. The summed E-state index contributed by atoms with van der Waals surface area (Å²) in [7, 11) is -3.56. The van der Waals surface area contributed by atoms with Crippen molar-refractivity contribution in [1.29, 1.82) is 0 Å². The average molecular weight is 284 g/mol. The molecular weight excluding hydrogens is 270 g/mol. The first kappa shape index (κ1) is 13.9.